The Hall–Kier alpha value is -1.18. The standard InChI is InChI=1S/C16H21F2NO3S/c1-16(2)10-19(8-12(22-16)9-21-3)14(20)11-4-6-13(7-5-11)23-15(17)18/h4-7,12,15H,8-10H2,1-3H3/t12-/m1/s1. The van der Waals surface area contributed by atoms with Crippen molar-refractivity contribution in [2.75, 3.05) is 26.8 Å². The van der Waals surface area contributed by atoms with E-state index in [1.807, 2.05) is 13.8 Å². The smallest absolute Gasteiger partial charge is 0.288 e. The van der Waals surface area contributed by atoms with E-state index in [4.69, 9.17) is 9.47 Å². The third-order valence-electron chi connectivity index (χ3n) is 3.45. The minimum atomic E-state index is -2.47. The van der Waals surface area contributed by atoms with Crippen LogP contribution in [0.5, 0.6) is 0 Å². The van der Waals surface area contributed by atoms with Gasteiger partial charge >= 0.3 is 0 Å². The summed E-state index contributed by atoms with van der Waals surface area (Å²) >= 11 is 0.466. The Morgan fingerprint density at radius 3 is 2.65 bits per heavy atom. The van der Waals surface area contributed by atoms with Crippen LogP contribution in [0.25, 0.3) is 0 Å². The zero-order valence-corrected chi connectivity index (χ0v) is 14.2. The molecule has 1 saturated heterocycles. The first-order valence-electron chi connectivity index (χ1n) is 7.31. The molecule has 0 aromatic heterocycles. The van der Waals surface area contributed by atoms with Crippen LogP contribution in [0.4, 0.5) is 8.78 Å². The van der Waals surface area contributed by atoms with E-state index in [9.17, 15) is 13.6 Å². The normalized spacial score (nSPS) is 20.8. The minimum Gasteiger partial charge on any atom is -0.382 e. The Morgan fingerprint density at radius 2 is 2.09 bits per heavy atom. The van der Waals surface area contributed by atoms with Gasteiger partial charge in [0.15, 0.2) is 0 Å². The molecule has 1 aromatic carbocycles. The lowest BCUT2D eigenvalue weighted by molar-refractivity contribution is -0.143. The molecule has 7 heteroatoms. The summed E-state index contributed by atoms with van der Waals surface area (Å²) in [6.07, 6.45) is -0.179. The predicted molar refractivity (Wildman–Crippen MR) is 85.0 cm³/mol. The Bertz CT molecular complexity index is 537. The van der Waals surface area contributed by atoms with Gasteiger partial charge in [0.2, 0.25) is 0 Å². The van der Waals surface area contributed by atoms with Crippen molar-refractivity contribution in [3.8, 4) is 0 Å². The van der Waals surface area contributed by atoms with Crippen molar-refractivity contribution in [2.45, 2.75) is 36.2 Å². The zero-order chi connectivity index (χ0) is 17.0. The zero-order valence-electron chi connectivity index (χ0n) is 13.4. The molecule has 1 aliphatic heterocycles. The van der Waals surface area contributed by atoms with Crippen LogP contribution < -0.4 is 0 Å². The van der Waals surface area contributed by atoms with Gasteiger partial charge in [-0.25, -0.2) is 0 Å². The molecule has 1 atom stereocenters. The van der Waals surface area contributed by atoms with E-state index in [0.29, 0.717) is 41.9 Å². The molecule has 2 rings (SSSR count). The summed E-state index contributed by atoms with van der Waals surface area (Å²) in [5.74, 6) is -2.59. The summed E-state index contributed by atoms with van der Waals surface area (Å²) in [6, 6.07) is 6.26. The summed E-state index contributed by atoms with van der Waals surface area (Å²) < 4.78 is 35.7. The first-order valence-corrected chi connectivity index (χ1v) is 8.19. The second-order valence-corrected chi connectivity index (χ2v) is 7.11. The highest BCUT2D eigenvalue weighted by Gasteiger charge is 2.35. The number of hydrogen-bond donors (Lipinski definition) is 0. The SMILES string of the molecule is COC[C@H]1CN(C(=O)c2ccc(SC(F)F)cc2)CC(C)(C)O1. The third-order valence-corrected chi connectivity index (χ3v) is 4.17. The molecule has 0 bridgehead atoms. The number of thioether (sulfide) groups is 1. The number of amides is 1. The number of methoxy groups -OCH3 is 1. The van der Waals surface area contributed by atoms with Crippen molar-refractivity contribution in [1.29, 1.82) is 0 Å². The van der Waals surface area contributed by atoms with E-state index in [2.05, 4.69) is 0 Å². The van der Waals surface area contributed by atoms with Gasteiger partial charge in [-0.05, 0) is 38.1 Å². The first-order chi connectivity index (χ1) is 10.8. The maximum absolute atomic E-state index is 12.6. The topological polar surface area (TPSA) is 38.8 Å². The lowest BCUT2D eigenvalue weighted by Gasteiger charge is -2.42. The molecule has 1 aromatic rings. The fourth-order valence-corrected chi connectivity index (χ4v) is 3.18. The van der Waals surface area contributed by atoms with Crippen molar-refractivity contribution < 1.29 is 23.0 Å². The van der Waals surface area contributed by atoms with E-state index >= 15 is 0 Å². The van der Waals surface area contributed by atoms with Crippen LogP contribution in [0.1, 0.15) is 24.2 Å². The molecular formula is C16H21F2NO3S. The number of hydrogen-bond acceptors (Lipinski definition) is 4. The van der Waals surface area contributed by atoms with E-state index in [1.54, 1.807) is 36.3 Å². The van der Waals surface area contributed by atoms with E-state index in [-0.39, 0.29) is 12.0 Å². The number of alkyl halides is 2. The number of carbonyl (C=O) groups is 1. The molecule has 0 radical (unpaired) electrons. The van der Waals surface area contributed by atoms with Gasteiger partial charge in [0.25, 0.3) is 11.7 Å². The number of carbonyl (C=O) groups excluding carboxylic acids is 1. The van der Waals surface area contributed by atoms with Crippen LogP contribution in [0, 0.1) is 0 Å². The molecular weight excluding hydrogens is 324 g/mol. The molecule has 23 heavy (non-hydrogen) atoms. The second-order valence-electron chi connectivity index (χ2n) is 6.04. The number of rotatable bonds is 5. The van der Waals surface area contributed by atoms with Crippen LogP contribution in [-0.4, -0.2) is 55.1 Å². The number of nitrogens with zero attached hydrogens (tertiary/aromatic N) is 1. The number of halogens is 2. The summed E-state index contributed by atoms with van der Waals surface area (Å²) in [5.41, 5.74) is 0.0280. The fraction of sp³-hybridized carbons (Fsp3) is 0.562. The molecule has 128 valence electrons. The number of benzene rings is 1. The van der Waals surface area contributed by atoms with Gasteiger partial charge in [-0.3, -0.25) is 4.79 Å². The average molecular weight is 345 g/mol. The maximum atomic E-state index is 12.6. The second kappa shape index (κ2) is 7.59. The van der Waals surface area contributed by atoms with Gasteiger partial charge in [-0.15, -0.1) is 0 Å². The van der Waals surface area contributed by atoms with E-state index in [0.717, 1.165) is 0 Å². The van der Waals surface area contributed by atoms with Gasteiger partial charge in [-0.2, -0.15) is 8.78 Å². The van der Waals surface area contributed by atoms with Gasteiger partial charge < -0.3 is 14.4 Å². The van der Waals surface area contributed by atoms with Crippen molar-refractivity contribution in [1.82, 2.24) is 4.90 Å². The molecule has 1 fully saturated rings. The quantitative estimate of drug-likeness (QED) is 0.768. The van der Waals surface area contributed by atoms with Crippen LogP contribution in [-0.2, 0) is 9.47 Å². The highest BCUT2D eigenvalue weighted by atomic mass is 32.2. The Balaban J connectivity index is 2.09. The van der Waals surface area contributed by atoms with Gasteiger partial charge in [0, 0.05) is 30.7 Å². The summed E-state index contributed by atoms with van der Waals surface area (Å²) in [4.78, 5) is 14.8. The molecule has 1 aliphatic rings. The predicted octanol–water partition coefficient (Wildman–Crippen LogP) is 3.27. The molecule has 0 aliphatic carbocycles. The molecule has 1 heterocycles. The van der Waals surface area contributed by atoms with Gasteiger partial charge in [-0.1, -0.05) is 11.8 Å². The Kier molecular flexibility index (Phi) is 6.00. The monoisotopic (exact) mass is 345 g/mol. The Labute approximate surface area is 139 Å². The third kappa shape index (κ3) is 5.16. The molecule has 0 N–H and O–H groups in total. The van der Waals surface area contributed by atoms with Crippen LogP contribution in [0.2, 0.25) is 0 Å². The first kappa shape index (κ1) is 18.2. The van der Waals surface area contributed by atoms with Crippen molar-refractivity contribution in [3.05, 3.63) is 29.8 Å². The van der Waals surface area contributed by atoms with Crippen molar-refractivity contribution >= 4 is 17.7 Å². The summed E-state index contributed by atoms with van der Waals surface area (Å²) in [5, 5.41) is 0. The highest BCUT2D eigenvalue weighted by Crippen LogP contribution is 2.26. The average Bonchev–Trinajstić information content (AvgIpc) is 2.45. The number of ether oxygens (including phenoxy) is 2. The van der Waals surface area contributed by atoms with Gasteiger partial charge in [0.05, 0.1) is 18.3 Å². The molecule has 1 amide bonds. The minimum absolute atomic E-state index is 0.129. The largest absolute Gasteiger partial charge is 0.382 e. The van der Waals surface area contributed by atoms with Gasteiger partial charge in [0.1, 0.15) is 0 Å². The highest BCUT2D eigenvalue weighted by molar-refractivity contribution is 7.99. The summed E-state index contributed by atoms with van der Waals surface area (Å²) in [6.45, 7) is 5.19. The van der Waals surface area contributed by atoms with Crippen molar-refractivity contribution in [2.24, 2.45) is 0 Å². The molecule has 0 spiro atoms. The van der Waals surface area contributed by atoms with Crippen LogP contribution in [0.3, 0.4) is 0 Å². The molecule has 0 unspecified atom stereocenters. The number of morpholine rings is 1. The lowest BCUT2D eigenvalue weighted by Crippen LogP contribution is -2.55. The van der Waals surface area contributed by atoms with Crippen LogP contribution in [0.15, 0.2) is 29.2 Å². The maximum Gasteiger partial charge on any atom is 0.288 e. The fourth-order valence-electron chi connectivity index (χ4n) is 2.68. The summed E-state index contributed by atoms with van der Waals surface area (Å²) in [7, 11) is 1.59. The van der Waals surface area contributed by atoms with Crippen LogP contribution >= 0.6 is 11.8 Å². The Morgan fingerprint density at radius 1 is 1.43 bits per heavy atom. The molecule has 4 nitrogen and oxygen atoms in total. The molecule has 0 saturated carbocycles. The van der Waals surface area contributed by atoms with E-state index < -0.39 is 11.4 Å². The lowest BCUT2D eigenvalue weighted by atomic mass is 10.0. The van der Waals surface area contributed by atoms with E-state index in [1.165, 1.54) is 0 Å². The van der Waals surface area contributed by atoms with Crippen molar-refractivity contribution in [3.63, 3.8) is 0 Å².